The minimum absolute atomic E-state index is 0.261. The molecular weight excluding hydrogens is 272 g/mol. The number of carboxylic acid groups (broad SMARTS) is 1. The number of carbonyl (C=O) groups excluding carboxylic acids is 4. The highest BCUT2D eigenvalue weighted by Crippen LogP contribution is 2.33. The van der Waals surface area contributed by atoms with Crippen molar-refractivity contribution in [2.45, 2.75) is 31.3 Å². The lowest BCUT2D eigenvalue weighted by Gasteiger charge is -2.30. The maximum absolute atomic E-state index is 12.0. The quantitative estimate of drug-likeness (QED) is 0.453. The fraction of sp³-hybridized carbons (Fsp3) is 0.545. The van der Waals surface area contributed by atoms with Gasteiger partial charge in [-0.25, -0.2) is 4.79 Å². The van der Waals surface area contributed by atoms with Gasteiger partial charge in [0.15, 0.2) is 0 Å². The van der Waals surface area contributed by atoms with Gasteiger partial charge in [-0.3, -0.25) is 24.0 Å². The first-order valence-corrected chi connectivity index (χ1v) is 5.86. The van der Waals surface area contributed by atoms with Gasteiger partial charge in [0, 0.05) is 13.3 Å². The molecule has 1 unspecified atom stereocenters. The molecule has 2 N–H and O–H groups in total. The number of carboxylic acids is 1. The van der Waals surface area contributed by atoms with Crippen LogP contribution in [0, 0.1) is 0 Å². The Morgan fingerprint density at radius 3 is 2.50 bits per heavy atom. The van der Waals surface area contributed by atoms with E-state index in [-0.39, 0.29) is 19.4 Å². The Morgan fingerprint density at radius 2 is 2.05 bits per heavy atom. The number of rotatable bonds is 3. The predicted octanol–water partition coefficient (Wildman–Crippen LogP) is -1.98. The van der Waals surface area contributed by atoms with E-state index in [2.05, 4.69) is 5.32 Å². The second-order valence-electron chi connectivity index (χ2n) is 4.60. The molecule has 0 aromatic carbocycles. The standard InChI is InChI=1S/C11H12N2O7/c1-5(14)12-6-4-20-13(9(6)17)11(10(18)19)3-2-7(15)8(11)16/h6H,2-4H2,1H3,(H,12,14)(H,18,19)/t6-,11?/m0/s1. The molecule has 0 aromatic rings. The molecule has 20 heavy (non-hydrogen) atoms. The molecule has 1 aliphatic heterocycles. The van der Waals surface area contributed by atoms with Crippen LogP contribution in [0.2, 0.25) is 0 Å². The van der Waals surface area contributed by atoms with Crippen molar-refractivity contribution in [3.8, 4) is 0 Å². The first kappa shape index (κ1) is 14.1. The molecule has 1 saturated heterocycles. The van der Waals surface area contributed by atoms with Crippen molar-refractivity contribution in [3.63, 3.8) is 0 Å². The van der Waals surface area contributed by atoms with Gasteiger partial charge in [0.2, 0.25) is 23.0 Å². The molecule has 2 fully saturated rings. The zero-order chi connectivity index (χ0) is 15.1. The van der Waals surface area contributed by atoms with Crippen LogP contribution in [0.15, 0.2) is 0 Å². The van der Waals surface area contributed by atoms with Gasteiger partial charge in [0.25, 0.3) is 5.91 Å². The minimum atomic E-state index is -2.32. The highest BCUT2D eigenvalue weighted by molar-refractivity contribution is 6.47. The van der Waals surface area contributed by atoms with E-state index in [0.29, 0.717) is 5.06 Å². The summed E-state index contributed by atoms with van der Waals surface area (Å²) in [4.78, 5) is 62.5. The molecule has 0 radical (unpaired) electrons. The Labute approximate surface area is 112 Å². The predicted molar refractivity (Wildman–Crippen MR) is 60.0 cm³/mol. The van der Waals surface area contributed by atoms with Crippen molar-refractivity contribution < 1.29 is 33.9 Å². The van der Waals surface area contributed by atoms with Crippen molar-refractivity contribution in [2.24, 2.45) is 0 Å². The van der Waals surface area contributed by atoms with Crippen molar-refractivity contribution in [1.29, 1.82) is 0 Å². The van der Waals surface area contributed by atoms with Crippen LogP contribution in [-0.4, -0.2) is 57.7 Å². The van der Waals surface area contributed by atoms with Crippen LogP contribution in [0.3, 0.4) is 0 Å². The van der Waals surface area contributed by atoms with Gasteiger partial charge in [0.05, 0.1) is 0 Å². The van der Waals surface area contributed by atoms with E-state index >= 15 is 0 Å². The Kier molecular flexibility index (Phi) is 3.30. The van der Waals surface area contributed by atoms with Crippen molar-refractivity contribution in [1.82, 2.24) is 10.4 Å². The molecule has 2 rings (SSSR count). The number of hydrogen-bond donors (Lipinski definition) is 2. The van der Waals surface area contributed by atoms with E-state index in [1.807, 2.05) is 0 Å². The summed E-state index contributed by atoms with van der Waals surface area (Å²) in [6.45, 7) is 0.905. The van der Waals surface area contributed by atoms with Crippen molar-refractivity contribution in [3.05, 3.63) is 0 Å². The number of amides is 2. The molecular formula is C11H12N2O7. The Bertz CT molecular complexity index is 529. The van der Waals surface area contributed by atoms with Gasteiger partial charge >= 0.3 is 5.97 Å². The summed E-state index contributed by atoms with van der Waals surface area (Å²) >= 11 is 0. The van der Waals surface area contributed by atoms with Gasteiger partial charge < -0.3 is 10.4 Å². The number of Topliss-reactive ketones (excluding diaryl/α,β-unsaturated/α-hetero) is 2. The highest BCUT2D eigenvalue weighted by atomic mass is 16.7. The summed E-state index contributed by atoms with van der Waals surface area (Å²) in [5, 5.41) is 12.0. The molecule has 2 aliphatic rings. The van der Waals surface area contributed by atoms with E-state index in [1.54, 1.807) is 0 Å². The molecule has 0 aromatic heterocycles. The van der Waals surface area contributed by atoms with Crippen LogP contribution >= 0.6 is 0 Å². The number of hydrogen-bond acceptors (Lipinski definition) is 6. The van der Waals surface area contributed by atoms with Crippen LogP contribution < -0.4 is 5.32 Å². The summed E-state index contributed by atoms with van der Waals surface area (Å²) < 4.78 is 0. The van der Waals surface area contributed by atoms with Crippen LogP contribution in [0.1, 0.15) is 19.8 Å². The zero-order valence-electron chi connectivity index (χ0n) is 10.5. The number of ketones is 2. The van der Waals surface area contributed by atoms with Crippen LogP contribution in [0.5, 0.6) is 0 Å². The molecule has 1 heterocycles. The van der Waals surface area contributed by atoms with Crippen molar-refractivity contribution >= 4 is 29.4 Å². The summed E-state index contributed by atoms with van der Waals surface area (Å²) in [6, 6.07) is -1.06. The first-order valence-electron chi connectivity index (χ1n) is 5.86. The summed E-state index contributed by atoms with van der Waals surface area (Å²) in [6.07, 6.45) is -0.596. The lowest BCUT2D eigenvalue weighted by Crippen LogP contribution is -2.60. The van der Waals surface area contributed by atoms with Crippen LogP contribution in [-0.2, 0) is 28.8 Å². The van der Waals surface area contributed by atoms with Gasteiger partial charge in [-0.1, -0.05) is 0 Å². The molecule has 1 saturated carbocycles. The monoisotopic (exact) mass is 284 g/mol. The minimum Gasteiger partial charge on any atom is -0.479 e. The summed E-state index contributed by atoms with van der Waals surface area (Å²) in [5.41, 5.74) is -2.32. The topological polar surface area (TPSA) is 130 Å². The number of nitrogens with one attached hydrogen (secondary N) is 1. The normalized spacial score (nSPS) is 29.9. The smallest absolute Gasteiger partial charge is 0.340 e. The van der Waals surface area contributed by atoms with Crippen LogP contribution in [0.4, 0.5) is 0 Å². The van der Waals surface area contributed by atoms with Crippen LogP contribution in [0.25, 0.3) is 0 Å². The maximum atomic E-state index is 12.0. The van der Waals surface area contributed by atoms with E-state index in [0.717, 1.165) is 0 Å². The van der Waals surface area contributed by atoms with Gasteiger partial charge in [0.1, 0.15) is 12.6 Å². The van der Waals surface area contributed by atoms with E-state index in [4.69, 9.17) is 4.84 Å². The molecule has 0 bridgehead atoms. The molecule has 9 nitrogen and oxygen atoms in total. The second kappa shape index (κ2) is 4.67. The molecule has 2 atom stereocenters. The van der Waals surface area contributed by atoms with E-state index in [9.17, 15) is 29.1 Å². The molecule has 108 valence electrons. The average Bonchev–Trinajstić information content (AvgIpc) is 2.84. The highest BCUT2D eigenvalue weighted by Gasteiger charge is 2.62. The third-order valence-electron chi connectivity index (χ3n) is 3.29. The fourth-order valence-electron chi connectivity index (χ4n) is 2.31. The van der Waals surface area contributed by atoms with E-state index in [1.165, 1.54) is 6.92 Å². The lowest BCUT2D eigenvalue weighted by molar-refractivity contribution is -0.205. The SMILES string of the molecule is CC(=O)N[C@H]1CON(C2(C(=O)O)CCC(=O)C2=O)C1=O. The zero-order valence-corrected chi connectivity index (χ0v) is 10.5. The third kappa shape index (κ3) is 1.86. The maximum Gasteiger partial charge on any atom is 0.340 e. The third-order valence-corrected chi connectivity index (χ3v) is 3.29. The Morgan fingerprint density at radius 1 is 1.40 bits per heavy atom. The largest absolute Gasteiger partial charge is 0.479 e. The van der Waals surface area contributed by atoms with E-state index < -0.39 is 40.9 Å². The number of hydroxylamine groups is 2. The van der Waals surface area contributed by atoms with Gasteiger partial charge in [-0.2, -0.15) is 5.06 Å². The second-order valence-corrected chi connectivity index (χ2v) is 4.60. The Hall–Kier alpha value is -2.29. The molecule has 0 spiro atoms. The lowest BCUT2D eigenvalue weighted by atomic mass is 9.95. The van der Waals surface area contributed by atoms with Gasteiger partial charge in [-0.15, -0.1) is 0 Å². The number of aliphatic carboxylic acids is 1. The fourth-order valence-corrected chi connectivity index (χ4v) is 2.31. The molecule has 9 heteroatoms. The van der Waals surface area contributed by atoms with Gasteiger partial charge in [-0.05, 0) is 6.42 Å². The molecule has 1 aliphatic carbocycles. The molecule has 2 amide bonds. The Balaban J connectivity index is 2.32. The summed E-state index contributed by atoms with van der Waals surface area (Å²) in [7, 11) is 0. The summed E-state index contributed by atoms with van der Waals surface area (Å²) in [5.74, 6) is -5.00. The number of carbonyl (C=O) groups is 5. The van der Waals surface area contributed by atoms with Crippen molar-refractivity contribution in [2.75, 3.05) is 6.61 Å². The average molecular weight is 284 g/mol. The first-order chi connectivity index (χ1) is 9.30. The number of nitrogens with zero attached hydrogens (tertiary/aromatic N) is 1.